The van der Waals surface area contributed by atoms with Crippen LogP contribution in [-0.2, 0) is 16.6 Å². The normalized spacial score (nSPS) is 28.4. The summed E-state index contributed by atoms with van der Waals surface area (Å²) in [7, 11) is 0. The highest BCUT2D eigenvalue weighted by Crippen LogP contribution is 2.31. The van der Waals surface area contributed by atoms with E-state index in [0.29, 0.717) is 11.9 Å². The molecule has 0 spiro atoms. The van der Waals surface area contributed by atoms with Crippen LogP contribution in [0.5, 0.6) is 0 Å². The van der Waals surface area contributed by atoms with Gasteiger partial charge in [-0.3, -0.25) is 4.79 Å². The molecule has 1 N–H and O–H groups in total. The predicted octanol–water partition coefficient (Wildman–Crippen LogP) is 3.68. The molecule has 3 rings (SSSR count). The standard InChI is InChI=1S/C21H31NO2/c1-21(2,3)17-6-4-15(5-7-17)14-16-12-13-22(20(16)24)18-8-10-19(23)11-9-18/h4-7,16,18-19,23H,8-14H2,1-3H3. The van der Waals surface area contributed by atoms with E-state index in [2.05, 4.69) is 49.9 Å². The molecule has 24 heavy (non-hydrogen) atoms. The fourth-order valence-corrected chi connectivity index (χ4v) is 4.11. The predicted molar refractivity (Wildman–Crippen MR) is 96.9 cm³/mol. The Bertz CT molecular complexity index is 564. The number of hydrogen-bond donors (Lipinski definition) is 1. The third-order valence-corrected chi connectivity index (χ3v) is 5.76. The number of aliphatic hydroxyl groups is 1. The van der Waals surface area contributed by atoms with Gasteiger partial charge in [-0.25, -0.2) is 0 Å². The molecule has 2 fully saturated rings. The van der Waals surface area contributed by atoms with E-state index in [1.54, 1.807) is 0 Å². The van der Waals surface area contributed by atoms with E-state index >= 15 is 0 Å². The second kappa shape index (κ2) is 6.87. The van der Waals surface area contributed by atoms with Gasteiger partial charge in [0.15, 0.2) is 0 Å². The number of aliphatic hydroxyl groups excluding tert-OH is 1. The van der Waals surface area contributed by atoms with Crippen LogP contribution in [0.15, 0.2) is 24.3 Å². The van der Waals surface area contributed by atoms with Gasteiger partial charge in [-0.05, 0) is 55.1 Å². The zero-order valence-corrected chi connectivity index (χ0v) is 15.3. The Morgan fingerprint density at radius 2 is 1.67 bits per heavy atom. The van der Waals surface area contributed by atoms with Crippen molar-refractivity contribution in [2.45, 2.75) is 76.9 Å². The first-order chi connectivity index (χ1) is 11.3. The first kappa shape index (κ1) is 17.5. The molecular weight excluding hydrogens is 298 g/mol. The molecule has 1 aromatic rings. The van der Waals surface area contributed by atoms with E-state index in [-0.39, 0.29) is 17.4 Å². The van der Waals surface area contributed by atoms with Crippen LogP contribution >= 0.6 is 0 Å². The van der Waals surface area contributed by atoms with Crippen molar-refractivity contribution >= 4 is 5.91 Å². The van der Waals surface area contributed by atoms with Crippen LogP contribution in [0.1, 0.15) is 64.0 Å². The third kappa shape index (κ3) is 3.83. The monoisotopic (exact) mass is 329 g/mol. The number of amides is 1. The minimum Gasteiger partial charge on any atom is -0.393 e. The maximum absolute atomic E-state index is 12.8. The van der Waals surface area contributed by atoms with Gasteiger partial charge in [0.2, 0.25) is 5.91 Å². The molecule has 0 aromatic heterocycles. The summed E-state index contributed by atoms with van der Waals surface area (Å²) in [4.78, 5) is 14.9. The van der Waals surface area contributed by atoms with Crippen molar-refractivity contribution in [1.82, 2.24) is 4.90 Å². The van der Waals surface area contributed by atoms with Gasteiger partial charge in [-0.15, -0.1) is 0 Å². The molecule has 1 aliphatic heterocycles. The Morgan fingerprint density at radius 3 is 2.25 bits per heavy atom. The number of rotatable bonds is 3. The van der Waals surface area contributed by atoms with Gasteiger partial charge in [0.05, 0.1) is 6.10 Å². The van der Waals surface area contributed by atoms with E-state index in [4.69, 9.17) is 0 Å². The Hall–Kier alpha value is -1.35. The maximum Gasteiger partial charge on any atom is 0.226 e. The molecular formula is C21H31NO2. The van der Waals surface area contributed by atoms with Crippen molar-refractivity contribution in [2.24, 2.45) is 5.92 Å². The lowest BCUT2D eigenvalue weighted by atomic mass is 9.86. The van der Waals surface area contributed by atoms with E-state index < -0.39 is 0 Å². The number of hydrogen-bond acceptors (Lipinski definition) is 2. The zero-order valence-electron chi connectivity index (χ0n) is 15.3. The molecule has 1 amide bonds. The highest BCUT2D eigenvalue weighted by atomic mass is 16.3. The smallest absolute Gasteiger partial charge is 0.226 e. The highest BCUT2D eigenvalue weighted by Gasteiger charge is 2.37. The minimum atomic E-state index is -0.156. The summed E-state index contributed by atoms with van der Waals surface area (Å²) >= 11 is 0. The number of carbonyl (C=O) groups excluding carboxylic acids is 1. The van der Waals surface area contributed by atoms with Crippen molar-refractivity contribution in [2.75, 3.05) is 6.54 Å². The molecule has 0 radical (unpaired) electrons. The summed E-state index contributed by atoms with van der Waals surface area (Å²) in [5, 5.41) is 9.66. The van der Waals surface area contributed by atoms with Crippen molar-refractivity contribution in [3.05, 3.63) is 35.4 Å². The Morgan fingerprint density at radius 1 is 1.04 bits per heavy atom. The van der Waals surface area contributed by atoms with Gasteiger partial charge in [-0.2, -0.15) is 0 Å². The van der Waals surface area contributed by atoms with Crippen LogP contribution in [-0.4, -0.2) is 34.6 Å². The van der Waals surface area contributed by atoms with Gasteiger partial charge in [0.1, 0.15) is 0 Å². The summed E-state index contributed by atoms with van der Waals surface area (Å²) in [6.07, 6.45) is 5.27. The van der Waals surface area contributed by atoms with Crippen LogP contribution in [0.25, 0.3) is 0 Å². The molecule has 1 heterocycles. The SMILES string of the molecule is CC(C)(C)c1ccc(CC2CCN(C3CCC(O)CC3)C2=O)cc1. The topological polar surface area (TPSA) is 40.5 Å². The van der Waals surface area contributed by atoms with Gasteiger partial charge in [0.25, 0.3) is 0 Å². The first-order valence-electron chi connectivity index (χ1n) is 9.42. The molecule has 3 nitrogen and oxygen atoms in total. The average Bonchev–Trinajstić information content (AvgIpc) is 2.89. The molecule has 1 aromatic carbocycles. The molecule has 1 saturated carbocycles. The summed E-state index contributed by atoms with van der Waals surface area (Å²) in [6, 6.07) is 9.14. The van der Waals surface area contributed by atoms with Crippen molar-refractivity contribution in [1.29, 1.82) is 0 Å². The number of likely N-dealkylation sites (tertiary alicyclic amines) is 1. The zero-order chi connectivity index (χ0) is 17.3. The molecule has 2 aliphatic rings. The largest absolute Gasteiger partial charge is 0.393 e. The lowest BCUT2D eigenvalue weighted by Crippen LogP contribution is -2.41. The molecule has 0 bridgehead atoms. The fourth-order valence-electron chi connectivity index (χ4n) is 4.11. The molecule has 3 heteroatoms. The average molecular weight is 329 g/mol. The Labute approximate surface area is 146 Å². The molecule has 132 valence electrons. The lowest BCUT2D eigenvalue weighted by molar-refractivity contribution is -0.133. The van der Waals surface area contributed by atoms with Gasteiger partial charge in [-0.1, -0.05) is 45.0 Å². The Kier molecular flexibility index (Phi) is 5.00. The van der Waals surface area contributed by atoms with Gasteiger partial charge in [0, 0.05) is 18.5 Å². The van der Waals surface area contributed by atoms with E-state index in [9.17, 15) is 9.90 Å². The number of carbonyl (C=O) groups is 1. The maximum atomic E-state index is 12.8. The molecule has 1 atom stereocenters. The van der Waals surface area contributed by atoms with E-state index in [1.807, 2.05) is 0 Å². The fraction of sp³-hybridized carbons (Fsp3) is 0.667. The van der Waals surface area contributed by atoms with Crippen molar-refractivity contribution in [3.63, 3.8) is 0 Å². The highest BCUT2D eigenvalue weighted by molar-refractivity contribution is 5.81. The van der Waals surface area contributed by atoms with Gasteiger partial charge >= 0.3 is 0 Å². The van der Waals surface area contributed by atoms with Crippen molar-refractivity contribution < 1.29 is 9.90 Å². The van der Waals surface area contributed by atoms with Gasteiger partial charge < -0.3 is 10.0 Å². The van der Waals surface area contributed by atoms with Crippen molar-refractivity contribution in [3.8, 4) is 0 Å². The molecule has 1 aliphatic carbocycles. The van der Waals surface area contributed by atoms with Crippen LogP contribution in [0.4, 0.5) is 0 Å². The van der Waals surface area contributed by atoms with Crippen LogP contribution in [0, 0.1) is 5.92 Å². The Balaban J connectivity index is 1.59. The summed E-state index contributed by atoms with van der Waals surface area (Å²) < 4.78 is 0. The molecule has 1 saturated heterocycles. The summed E-state index contributed by atoms with van der Waals surface area (Å²) in [5.41, 5.74) is 2.78. The lowest BCUT2D eigenvalue weighted by Gasteiger charge is -2.33. The minimum absolute atomic E-state index is 0.136. The summed E-state index contributed by atoms with van der Waals surface area (Å²) in [6.45, 7) is 7.56. The van der Waals surface area contributed by atoms with Crippen LogP contribution < -0.4 is 0 Å². The number of nitrogens with zero attached hydrogens (tertiary/aromatic N) is 1. The van der Waals surface area contributed by atoms with Crippen LogP contribution in [0.3, 0.4) is 0 Å². The van der Waals surface area contributed by atoms with Crippen LogP contribution in [0.2, 0.25) is 0 Å². The van der Waals surface area contributed by atoms with E-state index in [0.717, 1.165) is 45.1 Å². The number of benzene rings is 1. The third-order valence-electron chi connectivity index (χ3n) is 5.76. The quantitative estimate of drug-likeness (QED) is 0.919. The first-order valence-corrected chi connectivity index (χ1v) is 9.42. The second-order valence-corrected chi connectivity index (χ2v) is 8.63. The molecule has 1 unspecified atom stereocenters. The van der Waals surface area contributed by atoms with E-state index in [1.165, 1.54) is 11.1 Å². The second-order valence-electron chi connectivity index (χ2n) is 8.63. The summed E-state index contributed by atoms with van der Waals surface area (Å²) in [5.74, 6) is 0.466.